The van der Waals surface area contributed by atoms with E-state index in [-0.39, 0.29) is 12.4 Å². The molecular formula is C7H11ClO2. The SMILES string of the molecule is C/C=C\[C@@H]1OC[C@H](CCl)O1. The highest BCUT2D eigenvalue weighted by Crippen LogP contribution is 2.13. The van der Waals surface area contributed by atoms with Crippen molar-refractivity contribution in [3.05, 3.63) is 12.2 Å². The first-order chi connectivity index (χ1) is 4.86. The minimum atomic E-state index is -0.172. The second-order valence-electron chi connectivity index (χ2n) is 2.14. The van der Waals surface area contributed by atoms with E-state index in [1.807, 2.05) is 19.1 Å². The Hall–Kier alpha value is -0.0500. The summed E-state index contributed by atoms with van der Waals surface area (Å²) in [5, 5.41) is 0. The number of hydrogen-bond donors (Lipinski definition) is 0. The zero-order chi connectivity index (χ0) is 7.40. The standard InChI is InChI=1S/C7H11ClO2/c1-2-3-7-9-5-6(4-8)10-7/h2-3,6-7H,4-5H2,1H3/b3-2-/t6-,7+/m0/s1. The molecule has 0 unspecified atom stereocenters. The Kier molecular flexibility index (Phi) is 3.19. The largest absolute Gasteiger partial charge is 0.346 e. The summed E-state index contributed by atoms with van der Waals surface area (Å²) < 4.78 is 10.5. The molecule has 0 saturated carbocycles. The van der Waals surface area contributed by atoms with Crippen LogP contribution in [0.3, 0.4) is 0 Å². The van der Waals surface area contributed by atoms with Crippen molar-refractivity contribution in [1.29, 1.82) is 0 Å². The number of alkyl halides is 1. The summed E-state index contributed by atoms with van der Waals surface area (Å²) >= 11 is 5.54. The number of halogens is 1. The fraction of sp³-hybridized carbons (Fsp3) is 0.714. The van der Waals surface area contributed by atoms with Crippen molar-refractivity contribution in [2.24, 2.45) is 0 Å². The molecule has 1 saturated heterocycles. The van der Waals surface area contributed by atoms with Crippen molar-refractivity contribution in [2.75, 3.05) is 12.5 Å². The molecule has 10 heavy (non-hydrogen) atoms. The quantitative estimate of drug-likeness (QED) is 0.453. The average Bonchev–Trinajstić information content (AvgIpc) is 2.37. The predicted molar refractivity (Wildman–Crippen MR) is 40.1 cm³/mol. The number of allylic oxidation sites excluding steroid dienone is 1. The first-order valence-corrected chi connectivity index (χ1v) is 3.86. The van der Waals surface area contributed by atoms with Crippen LogP contribution in [0.25, 0.3) is 0 Å². The van der Waals surface area contributed by atoms with Gasteiger partial charge in [0.15, 0.2) is 6.29 Å². The lowest BCUT2D eigenvalue weighted by atomic mass is 10.4. The van der Waals surface area contributed by atoms with Crippen molar-refractivity contribution in [3.63, 3.8) is 0 Å². The van der Waals surface area contributed by atoms with Gasteiger partial charge in [-0.2, -0.15) is 0 Å². The molecule has 1 rings (SSSR count). The molecule has 1 aliphatic heterocycles. The maximum Gasteiger partial charge on any atom is 0.177 e. The Labute approximate surface area is 65.8 Å². The molecule has 0 aromatic carbocycles. The highest BCUT2D eigenvalue weighted by atomic mass is 35.5. The zero-order valence-electron chi connectivity index (χ0n) is 5.92. The fourth-order valence-electron chi connectivity index (χ4n) is 0.809. The van der Waals surface area contributed by atoms with Crippen LogP contribution in [-0.4, -0.2) is 24.9 Å². The third-order valence-corrected chi connectivity index (χ3v) is 1.64. The molecule has 1 fully saturated rings. The average molecular weight is 163 g/mol. The summed E-state index contributed by atoms with van der Waals surface area (Å²) in [6.45, 7) is 2.54. The van der Waals surface area contributed by atoms with Gasteiger partial charge in [0.2, 0.25) is 0 Å². The van der Waals surface area contributed by atoms with E-state index in [1.165, 1.54) is 0 Å². The molecule has 0 aromatic heterocycles. The number of rotatable bonds is 2. The summed E-state index contributed by atoms with van der Waals surface area (Å²) in [4.78, 5) is 0. The Morgan fingerprint density at radius 2 is 2.50 bits per heavy atom. The molecule has 1 heterocycles. The van der Waals surface area contributed by atoms with Crippen molar-refractivity contribution in [3.8, 4) is 0 Å². The maximum atomic E-state index is 5.54. The lowest BCUT2D eigenvalue weighted by Gasteiger charge is -2.03. The molecule has 3 heteroatoms. The highest BCUT2D eigenvalue weighted by molar-refractivity contribution is 6.18. The molecule has 0 amide bonds. The summed E-state index contributed by atoms with van der Waals surface area (Å²) in [7, 11) is 0. The molecule has 0 radical (unpaired) electrons. The zero-order valence-corrected chi connectivity index (χ0v) is 6.67. The molecule has 0 bridgehead atoms. The van der Waals surface area contributed by atoms with E-state index in [0.717, 1.165) is 0 Å². The van der Waals surface area contributed by atoms with Gasteiger partial charge in [0.1, 0.15) is 0 Å². The van der Waals surface area contributed by atoms with Gasteiger partial charge in [0.25, 0.3) is 0 Å². The number of hydrogen-bond acceptors (Lipinski definition) is 2. The van der Waals surface area contributed by atoms with Crippen LogP contribution in [0, 0.1) is 0 Å². The molecule has 0 aromatic rings. The van der Waals surface area contributed by atoms with Crippen LogP contribution in [-0.2, 0) is 9.47 Å². The number of ether oxygens (including phenoxy) is 2. The molecule has 0 spiro atoms. The minimum Gasteiger partial charge on any atom is -0.346 e. The lowest BCUT2D eigenvalue weighted by Crippen LogP contribution is -2.12. The van der Waals surface area contributed by atoms with Crippen molar-refractivity contribution in [2.45, 2.75) is 19.3 Å². The van der Waals surface area contributed by atoms with Gasteiger partial charge in [-0.05, 0) is 13.0 Å². The third kappa shape index (κ3) is 1.97. The van der Waals surface area contributed by atoms with Crippen LogP contribution in [0.5, 0.6) is 0 Å². The van der Waals surface area contributed by atoms with Crippen LogP contribution >= 0.6 is 11.6 Å². The van der Waals surface area contributed by atoms with E-state index < -0.39 is 0 Å². The Bertz CT molecular complexity index is 125. The van der Waals surface area contributed by atoms with Gasteiger partial charge < -0.3 is 9.47 Å². The predicted octanol–water partition coefficient (Wildman–Crippen LogP) is 1.54. The first kappa shape index (κ1) is 8.05. The Morgan fingerprint density at radius 3 is 3.00 bits per heavy atom. The molecule has 0 N–H and O–H groups in total. The van der Waals surface area contributed by atoms with E-state index in [1.54, 1.807) is 0 Å². The van der Waals surface area contributed by atoms with Crippen LogP contribution in [0.4, 0.5) is 0 Å². The van der Waals surface area contributed by atoms with Gasteiger partial charge in [-0.15, -0.1) is 11.6 Å². The van der Waals surface area contributed by atoms with Crippen molar-refractivity contribution in [1.82, 2.24) is 0 Å². The van der Waals surface area contributed by atoms with Crippen LogP contribution in [0.15, 0.2) is 12.2 Å². The van der Waals surface area contributed by atoms with Crippen LogP contribution in [0.2, 0.25) is 0 Å². The maximum absolute atomic E-state index is 5.54. The smallest absolute Gasteiger partial charge is 0.177 e. The normalized spacial score (nSPS) is 33.8. The van der Waals surface area contributed by atoms with E-state index in [9.17, 15) is 0 Å². The summed E-state index contributed by atoms with van der Waals surface area (Å²) in [5.74, 6) is 0.508. The van der Waals surface area contributed by atoms with Gasteiger partial charge in [-0.25, -0.2) is 0 Å². The molecule has 0 aliphatic carbocycles. The highest BCUT2D eigenvalue weighted by Gasteiger charge is 2.22. The van der Waals surface area contributed by atoms with E-state index in [2.05, 4.69) is 0 Å². The second-order valence-corrected chi connectivity index (χ2v) is 2.45. The molecule has 1 aliphatic rings. The van der Waals surface area contributed by atoms with Crippen LogP contribution in [0.1, 0.15) is 6.92 Å². The van der Waals surface area contributed by atoms with Crippen molar-refractivity contribution < 1.29 is 9.47 Å². The molecule has 2 nitrogen and oxygen atoms in total. The topological polar surface area (TPSA) is 18.5 Å². The molecule has 58 valence electrons. The summed E-state index contributed by atoms with van der Waals surface area (Å²) in [6.07, 6.45) is 3.67. The third-order valence-electron chi connectivity index (χ3n) is 1.29. The van der Waals surface area contributed by atoms with Gasteiger partial charge in [0.05, 0.1) is 18.6 Å². The monoisotopic (exact) mass is 162 g/mol. The molecular weight excluding hydrogens is 152 g/mol. The van der Waals surface area contributed by atoms with Crippen LogP contribution < -0.4 is 0 Å². The van der Waals surface area contributed by atoms with Gasteiger partial charge >= 0.3 is 0 Å². The van der Waals surface area contributed by atoms with Gasteiger partial charge in [-0.1, -0.05) is 6.08 Å². The Balaban J connectivity index is 2.28. The lowest BCUT2D eigenvalue weighted by molar-refractivity contribution is -0.0156. The first-order valence-electron chi connectivity index (χ1n) is 3.32. The second kappa shape index (κ2) is 3.96. The van der Waals surface area contributed by atoms with E-state index >= 15 is 0 Å². The van der Waals surface area contributed by atoms with Gasteiger partial charge in [0, 0.05) is 0 Å². The van der Waals surface area contributed by atoms with Crippen molar-refractivity contribution >= 4 is 11.6 Å². The summed E-state index contributed by atoms with van der Waals surface area (Å²) in [5.41, 5.74) is 0. The minimum absolute atomic E-state index is 0.0721. The van der Waals surface area contributed by atoms with Gasteiger partial charge in [-0.3, -0.25) is 0 Å². The summed E-state index contributed by atoms with van der Waals surface area (Å²) in [6, 6.07) is 0. The molecule has 2 atom stereocenters. The Morgan fingerprint density at radius 1 is 1.70 bits per heavy atom. The van der Waals surface area contributed by atoms with E-state index in [0.29, 0.717) is 12.5 Å². The fourth-order valence-corrected chi connectivity index (χ4v) is 0.971. The van der Waals surface area contributed by atoms with E-state index in [4.69, 9.17) is 21.1 Å².